The van der Waals surface area contributed by atoms with Crippen molar-refractivity contribution in [2.24, 2.45) is 5.92 Å². The second-order valence-electron chi connectivity index (χ2n) is 8.01. The van der Waals surface area contributed by atoms with Crippen molar-refractivity contribution in [1.29, 1.82) is 0 Å². The van der Waals surface area contributed by atoms with Gasteiger partial charge in [-0.3, -0.25) is 4.79 Å². The highest BCUT2D eigenvalue weighted by Crippen LogP contribution is 2.19. The third-order valence-electron chi connectivity index (χ3n) is 3.71. The van der Waals surface area contributed by atoms with E-state index in [-0.39, 0.29) is 18.5 Å². The van der Waals surface area contributed by atoms with Gasteiger partial charge in [-0.25, -0.2) is 4.79 Å². The minimum Gasteiger partial charge on any atom is -0.465 e. The minimum atomic E-state index is -0.517. The molecule has 1 aromatic carbocycles. The zero-order chi connectivity index (χ0) is 19.7. The monoisotopic (exact) mass is 363 g/mol. The maximum absolute atomic E-state index is 12.2. The second-order valence-corrected chi connectivity index (χ2v) is 8.01. The summed E-state index contributed by atoms with van der Waals surface area (Å²) in [7, 11) is 0. The first-order valence-electron chi connectivity index (χ1n) is 9.31. The summed E-state index contributed by atoms with van der Waals surface area (Å²) < 4.78 is 10.4. The molecule has 0 aliphatic heterocycles. The average Bonchev–Trinajstić information content (AvgIpc) is 2.52. The summed E-state index contributed by atoms with van der Waals surface area (Å²) in [6.45, 7) is 12.3. The predicted molar refractivity (Wildman–Crippen MR) is 103 cm³/mol. The molecule has 1 amide bonds. The van der Waals surface area contributed by atoms with Gasteiger partial charge in [0.2, 0.25) is 0 Å². The molecular formula is C21H33NO4. The Morgan fingerprint density at radius 3 is 2.23 bits per heavy atom. The number of carbonyl (C=O) groups excluding carboxylic acids is 2. The molecule has 0 fully saturated rings. The molecule has 0 bridgehead atoms. The molecule has 0 heterocycles. The lowest BCUT2D eigenvalue weighted by Crippen LogP contribution is -2.33. The van der Waals surface area contributed by atoms with E-state index in [9.17, 15) is 9.59 Å². The molecule has 0 aliphatic rings. The van der Waals surface area contributed by atoms with Crippen molar-refractivity contribution in [1.82, 2.24) is 5.32 Å². The van der Waals surface area contributed by atoms with Gasteiger partial charge in [0.05, 0.1) is 12.5 Å². The van der Waals surface area contributed by atoms with Crippen LogP contribution in [0.1, 0.15) is 65.0 Å². The van der Waals surface area contributed by atoms with E-state index in [1.54, 1.807) is 0 Å². The molecule has 0 aliphatic carbocycles. The highest BCUT2D eigenvalue weighted by Gasteiger charge is 2.17. The molecule has 146 valence electrons. The van der Waals surface area contributed by atoms with Gasteiger partial charge in [-0.2, -0.15) is 0 Å². The molecule has 1 aromatic rings. The number of amides is 1. The van der Waals surface area contributed by atoms with Crippen LogP contribution in [-0.2, 0) is 20.7 Å². The summed E-state index contributed by atoms with van der Waals surface area (Å²) in [6.07, 6.45) is 1.12. The number of hydrogen-bond acceptors (Lipinski definition) is 4. The summed E-state index contributed by atoms with van der Waals surface area (Å²) in [6, 6.07) is 8.13. The highest BCUT2D eigenvalue weighted by atomic mass is 16.6. The largest absolute Gasteiger partial charge is 0.465 e. The number of alkyl carbamates (subject to hydrolysis) is 1. The zero-order valence-corrected chi connectivity index (χ0v) is 16.9. The summed E-state index contributed by atoms with van der Waals surface area (Å²) in [5.74, 6) is 0.0540. The van der Waals surface area contributed by atoms with Crippen LogP contribution in [0.5, 0.6) is 0 Å². The van der Waals surface area contributed by atoms with Crippen LogP contribution in [0, 0.1) is 5.92 Å². The van der Waals surface area contributed by atoms with E-state index in [2.05, 4.69) is 31.3 Å². The Kier molecular flexibility index (Phi) is 8.62. The van der Waals surface area contributed by atoms with E-state index in [4.69, 9.17) is 9.47 Å². The number of nitrogens with one attached hydrogen (secondary N) is 1. The fourth-order valence-corrected chi connectivity index (χ4v) is 2.42. The van der Waals surface area contributed by atoms with Crippen molar-refractivity contribution in [2.45, 2.75) is 65.9 Å². The summed E-state index contributed by atoms with van der Waals surface area (Å²) in [5.41, 5.74) is 1.71. The first-order chi connectivity index (χ1) is 12.1. The van der Waals surface area contributed by atoms with Crippen LogP contribution in [0.2, 0.25) is 0 Å². The van der Waals surface area contributed by atoms with Crippen LogP contribution in [0.25, 0.3) is 0 Å². The number of esters is 1. The summed E-state index contributed by atoms with van der Waals surface area (Å²) >= 11 is 0. The Morgan fingerprint density at radius 2 is 1.69 bits per heavy atom. The smallest absolute Gasteiger partial charge is 0.407 e. The molecule has 0 saturated heterocycles. The van der Waals surface area contributed by atoms with Crippen molar-refractivity contribution in [3.05, 3.63) is 35.4 Å². The second kappa shape index (κ2) is 10.2. The SMILES string of the molecule is CC(C)Cc1ccc(C(C)C(=O)OCCCNC(=O)OC(C)(C)C)cc1. The molecule has 0 spiro atoms. The Morgan fingerprint density at radius 1 is 1.08 bits per heavy atom. The van der Waals surface area contributed by atoms with E-state index in [0.29, 0.717) is 18.9 Å². The Labute approximate surface area is 157 Å². The van der Waals surface area contributed by atoms with Crippen LogP contribution in [0.3, 0.4) is 0 Å². The molecule has 0 saturated carbocycles. The standard InChI is InChI=1S/C21H33NO4/c1-15(2)14-17-8-10-18(11-9-17)16(3)19(23)25-13-7-12-22-20(24)26-21(4,5)6/h8-11,15-16H,7,12-14H2,1-6H3,(H,22,24). The first kappa shape index (κ1) is 22.0. The topological polar surface area (TPSA) is 64.6 Å². The lowest BCUT2D eigenvalue weighted by molar-refractivity contribution is -0.145. The minimum absolute atomic E-state index is 0.251. The van der Waals surface area contributed by atoms with Crippen LogP contribution in [-0.4, -0.2) is 30.8 Å². The van der Waals surface area contributed by atoms with E-state index < -0.39 is 11.7 Å². The summed E-state index contributed by atoms with van der Waals surface area (Å²) in [5, 5.41) is 2.64. The van der Waals surface area contributed by atoms with Crippen LogP contribution < -0.4 is 5.32 Å². The number of benzene rings is 1. The van der Waals surface area contributed by atoms with Gasteiger partial charge >= 0.3 is 12.1 Å². The molecule has 26 heavy (non-hydrogen) atoms. The van der Waals surface area contributed by atoms with Gasteiger partial charge in [-0.1, -0.05) is 38.1 Å². The van der Waals surface area contributed by atoms with Crippen molar-refractivity contribution < 1.29 is 19.1 Å². The van der Waals surface area contributed by atoms with Gasteiger partial charge in [0.15, 0.2) is 0 Å². The highest BCUT2D eigenvalue weighted by molar-refractivity contribution is 5.77. The van der Waals surface area contributed by atoms with Crippen LogP contribution >= 0.6 is 0 Å². The molecule has 1 atom stereocenters. The van der Waals surface area contributed by atoms with E-state index >= 15 is 0 Å². The van der Waals surface area contributed by atoms with Crippen molar-refractivity contribution in [2.75, 3.05) is 13.2 Å². The van der Waals surface area contributed by atoms with E-state index in [1.807, 2.05) is 39.8 Å². The number of carbonyl (C=O) groups is 2. The Hall–Kier alpha value is -2.04. The molecule has 0 radical (unpaired) electrons. The predicted octanol–water partition coefficient (Wildman–Crippen LogP) is 4.45. The van der Waals surface area contributed by atoms with Crippen molar-refractivity contribution in [3.63, 3.8) is 0 Å². The third-order valence-corrected chi connectivity index (χ3v) is 3.71. The zero-order valence-electron chi connectivity index (χ0n) is 16.9. The van der Waals surface area contributed by atoms with E-state index in [0.717, 1.165) is 12.0 Å². The van der Waals surface area contributed by atoms with Gasteiger partial charge in [-0.05, 0) is 57.6 Å². The third kappa shape index (κ3) is 8.88. The number of rotatable bonds is 8. The van der Waals surface area contributed by atoms with Crippen LogP contribution in [0.15, 0.2) is 24.3 Å². The molecule has 1 unspecified atom stereocenters. The molecule has 0 aromatic heterocycles. The maximum Gasteiger partial charge on any atom is 0.407 e. The lowest BCUT2D eigenvalue weighted by atomic mass is 9.97. The molecule has 1 rings (SSSR count). The van der Waals surface area contributed by atoms with Gasteiger partial charge in [0, 0.05) is 6.54 Å². The normalized spacial score (nSPS) is 12.6. The van der Waals surface area contributed by atoms with Gasteiger partial charge in [-0.15, -0.1) is 0 Å². The summed E-state index contributed by atoms with van der Waals surface area (Å²) in [4.78, 5) is 23.7. The van der Waals surface area contributed by atoms with Crippen molar-refractivity contribution in [3.8, 4) is 0 Å². The van der Waals surface area contributed by atoms with E-state index in [1.165, 1.54) is 5.56 Å². The Bertz CT molecular complexity index is 573. The average molecular weight is 363 g/mol. The molecular weight excluding hydrogens is 330 g/mol. The molecule has 5 heteroatoms. The first-order valence-corrected chi connectivity index (χ1v) is 9.31. The lowest BCUT2D eigenvalue weighted by Gasteiger charge is -2.19. The van der Waals surface area contributed by atoms with Crippen LogP contribution in [0.4, 0.5) is 4.79 Å². The quantitative estimate of drug-likeness (QED) is 0.547. The molecule has 5 nitrogen and oxygen atoms in total. The maximum atomic E-state index is 12.2. The van der Waals surface area contributed by atoms with Gasteiger partial charge in [0.1, 0.15) is 5.60 Å². The van der Waals surface area contributed by atoms with Crippen molar-refractivity contribution >= 4 is 12.1 Å². The molecule has 1 N–H and O–H groups in total. The van der Waals surface area contributed by atoms with Gasteiger partial charge < -0.3 is 14.8 Å². The van der Waals surface area contributed by atoms with Gasteiger partial charge in [0.25, 0.3) is 0 Å². The fourth-order valence-electron chi connectivity index (χ4n) is 2.42. The number of ether oxygens (including phenoxy) is 2. The fraction of sp³-hybridized carbons (Fsp3) is 0.619. The Balaban J connectivity index is 2.31. The number of hydrogen-bond donors (Lipinski definition) is 1.